The van der Waals surface area contributed by atoms with Crippen molar-refractivity contribution < 1.29 is 9.90 Å². The van der Waals surface area contributed by atoms with Crippen LogP contribution in [0.4, 0.5) is 4.79 Å². The van der Waals surface area contributed by atoms with E-state index in [1.54, 1.807) is 4.90 Å². The van der Waals surface area contributed by atoms with Gasteiger partial charge >= 0.3 is 6.03 Å². The van der Waals surface area contributed by atoms with Crippen LogP contribution in [0.1, 0.15) is 13.3 Å². The molecule has 0 radical (unpaired) electrons. The van der Waals surface area contributed by atoms with Gasteiger partial charge in [-0.3, -0.25) is 0 Å². The molecule has 1 saturated heterocycles. The monoisotopic (exact) mass is 158 g/mol. The molecular formula is C7H14N2O2. The molecule has 2 N–H and O–H groups in total. The van der Waals surface area contributed by atoms with Gasteiger partial charge in [0, 0.05) is 19.6 Å². The molecule has 1 unspecified atom stereocenters. The maximum Gasteiger partial charge on any atom is 0.317 e. The molecule has 1 rings (SSSR count). The number of nitrogens with zero attached hydrogens (tertiary/aromatic N) is 1. The van der Waals surface area contributed by atoms with E-state index in [1.807, 2.05) is 6.92 Å². The van der Waals surface area contributed by atoms with Crippen LogP contribution in [0.15, 0.2) is 0 Å². The van der Waals surface area contributed by atoms with Crippen LogP contribution in [-0.4, -0.2) is 41.8 Å². The first-order valence-electron chi connectivity index (χ1n) is 3.95. The van der Waals surface area contributed by atoms with E-state index < -0.39 is 0 Å². The number of aliphatic hydroxyl groups is 1. The standard InChI is InChI=1S/C7H14N2O2/c1-2-6(10)5-9-4-3-8-7(9)11/h6,10H,2-5H2,1H3,(H,8,11). The number of hydrogen-bond donors (Lipinski definition) is 2. The van der Waals surface area contributed by atoms with Crippen LogP contribution < -0.4 is 5.32 Å². The van der Waals surface area contributed by atoms with Gasteiger partial charge in [0.1, 0.15) is 0 Å². The first-order chi connectivity index (χ1) is 5.24. The molecule has 4 heteroatoms. The number of hydrogen-bond acceptors (Lipinski definition) is 2. The van der Waals surface area contributed by atoms with Crippen molar-refractivity contribution in [2.45, 2.75) is 19.4 Å². The molecule has 1 aliphatic rings. The third kappa shape index (κ3) is 2.08. The van der Waals surface area contributed by atoms with Crippen LogP contribution in [-0.2, 0) is 0 Å². The first kappa shape index (κ1) is 8.33. The Morgan fingerprint density at radius 2 is 2.55 bits per heavy atom. The first-order valence-corrected chi connectivity index (χ1v) is 3.95. The number of aliphatic hydroxyl groups excluding tert-OH is 1. The SMILES string of the molecule is CCC(O)CN1CCNC1=O. The summed E-state index contributed by atoms with van der Waals surface area (Å²) < 4.78 is 0. The molecule has 0 spiro atoms. The Morgan fingerprint density at radius 1 is 1.82 bits per heavy atom. The summed E-state index contributed by atoms with van der Waals surface area (Å²) >= 11 is 0. The quantitative estimate of drug-likeness (QED) is 0.596. The second kappa shape index (κ2) is 3.57. The lowest BCUT2D eigenvalue weighted by atomic mass is 10.2. The Hall–Kier alpha value is -0.770. The van der Waals surface area contributed by atoms with Crippen molar-refractivity contribution in [2.75, 3.05) is 19.6 Å². The minimum absolute atomic E-state index is 0.0579. The molecule has 11 heavy (non-hydrogen) atoms. The van der Waals surface area contributed by atoms with E-state index in [0.29, 0.717) is 19.5 Å². The van der Waals surface area contributed by atoms with Crippen LogP contribution in [0.2, 0.25) is 0 Å². The largest absolute Gasteiger partial charge is 0.391 e. The molecule has 0 aromatic carbocycles. The summed E-state index contributed by atoms with van der Waals surface area (Å²) in [6, 6.07) is -0.0579. The molecule has 0 bridgehead atoms. The van der Waals surface area contributed by atoms with Crippen molar-refractivity contribution in [3.8, 4) is 0 Å². The Kier molecular flexibility index (Phi) is 2.70. The predicted molar refractivity (Wildman–Crippen MR) is 41.3 cm³/mol. The van der Waals surface area contributed by atoms with Crippen molar-refractivity contribution in [1.29, 1.82) is 0 Å². The highest BCUT2D eigenvalue weighted by Gasteiger charge is 2.20. The van der Waals surface area contributed by atoms with E-state index in [4.69, 9.17) is 0 Å². The molecule has 0 saturated carbocycles. The van der Waals surface area contributed by atoms with Crippen molar-refractivity contribution in [2.24, 2.45) is 0 Å². The summed E-state index contributed by atoms with van der Waals surface area (Å²) in [7, 11) is 0. The van der Waals surface area contributed by atoms with E-state index >= 15 is 0 Å². The Bertz CT molecular complexity index is 149. The normalized spacial score (nSPS) is 20.2. The Labute approximate surface area is 66.2 Å². The number of amides is 2. The van der Waals surface area contributed by atoms with E-state index in [1.165, 1.54) is 0 Å². The van der Waals surface area contributed by atoms with Gasteiger partial charge in [0.2, 0.25) is 0 Å². The molecule has 0 aromatic rings. The number of urea groups is 1. The topological polar surface area (TPSA) is 52.6 Å². The molecule has 0 aromatic heterocycles. The smallest absolute Gasteiger partial charge is 0.317 e. The van der Waals surface area contributed by atoms with Crippen molar-refractivity contribution in [3.63, 3.8) is 0 Å². The zero-order valence-electron chi connectivity index (χ0n) is 6.71. The highest BCUT2D eigenvalue weighted by molar-refractivity contribution is 5.76. The molecule has 1 fully saturated rings. The summed E-state index contributed by atoms with van der Waals surface area (Å²) in [6.07, 6.45) is 0.322. The van der Waals surface area contributed by atoms with E-state index in [2.05, 4.69) is 5.32 Å². The molecule has 1 heterocycles. The van der Waals surface area contributed by atoms with Crippen LogP contribution >= 0.6 is 0 Å². The second-order valence-electron chi connectivity index (χ2n) is 2.74. The van der Waals surface area contributed by atoms with Crippen LogP contribution in [0, 0.1) is 0 Å². The highest BCUT2D eigenvalue weighted by Crippen LogP contribution is 2.00. The van der Waals surface area contributed by atoms with Gasteiger partial charge in [0.15, 0.2) is 0 Å². The summed E-state index contributed by atoms with van der Waals surface area (Å²) in [5.41, 5.74) is 0. The van der Waals surface area contributed by atoms with Gasteiger partial charge in [-0.2, -0.15) is 0 Å². The fraction of sp³-hybridized carbons (Fsp3) is 0.857. The fourth-order valence-corrected chi connectivity index (χ4v) is 1.07. The molecule has 2 amide bonds. The van der Waals surface area contributed by atoms with Gasteiger partial charge in [-0.15, -0.1) is 0 Å². The number of carbonyl (C=O) groups is 1. The number of nitrogens with one attached hydrogen (secondary N) is 1. The van der Waals surface area contributed by atoms with Crippen LogP contribution in [0.3, 0.4) is 0 Å². The van der Waals surface area contributed by atoms with E-state index in [0.717, 1.165) is 6.54 Å². The Balaban J connectivity index is 2.30. The van der Waals surface area contributed by atoms with Crippen LogP contribution in [0.25, 0.3) is 0 Å². The number of carbonyl (C=O) groups excluding carboxylic acids is 1. The number of rotatable bonds is 3. The maximum atomic E-state index is 10.9. The minimum Gasteiger partial charge on any atom is -0.391 e. The summed E-state index contributed by atoms with van der Waals surface area (Å²) in [5, 5.41) is 11.9. The molecule has 1 aliphatic heterocycles. The van der Waals surface area contributed by atoms with Gasteiger partial charge < -0.3 is 15.3 Å². The fourth-order valence-electron chi connectivity index (χ4n) is 1.07. The van der Waals surface area contributed by atoms with Gasteiger partial charge in [-0.1, -0.05) is 6.92 Å². The average Bonchev–Trinajstić information content (AvgIpc) is 2.37. The van der Waals surface area contributed by atoms with Crippen molar-refractivity contribution in [1.82, 2.24) is 10.2 Å². The zero-order chi connectivity index (χ0) is 8.27. The lowest BCUT2D eigenvalue weighted by Gasteiger charge is -2.17. The maximum absolute atomic E-state index is 10.9. The second-order valence-corrected chi connectivity index (χ2v) is 2.74. The molecule has 0 aliphatic carbocycles. The highest BCUT2D eigenvalue weighted by atomic mass is 16.3. The van der Waals surface area contributed by atoms with Gasteiger partial charge in [0.05, 0.1) is 6.10 Å². The van der Waals surface area contributed by atoms with Crippen molar-refractivity contribution in [3.05, 3.63) is 0 Å². The van der Waals surface area contributed by atoms with E-state index in [9.17, 15) is 9.90 Å². The van der Waals surface area contributed by atoms with Gasteiger partial charge in [-0.25, -0.2) is 4.79 Å². The lowest BCUT2D eigenvalue weighted by molar-refractivity contribution is 0.128. The third-order valence-electron chi connectivity index (χ3n) is 1.85. The van der Waals surface area contributed by atoms with Gasteiger partial charge in [-0.05, 0) is 6.42 Å². The molecule has 64 valence electrons. The zero-order valence-corrected chi connectivity index (χ0v) is 6.71. The Morgan fingerprint density at radius 3 is 3.00 bits per heavy atom. The summed E-state index contributed by atoms with van der Waals surface area (Å²) in [5.74, 6) is 0. The third-order valence-corrected chi connectivity index (χ3v) is 1.85. The summed E-state index contributed by atoms with van der Waals surface area (Å²) in [4.78, 5) is 12.6. The summed E-state index contributed by atoms with van der Waals surface area (Å²) in [6.45, 7) is 3.78. The molecule has 1 atom stereocenters. The predicted octanol–water partition coefficient (Wildman–Crippen LogP) is -0.217. The minimum atomic E-state index is -0.376. The van der Waals surface area contributed by atoms with E-state index in [-0.39, 0.29) is 12.1 Å². The van der Waals surface area contributed by atoms with Gasteiger partial charge in [0.25, 0.3) is 0 Å². The average molecular weight is 158 g/mol. The molecule has 4 nitrogen and oxygen atoms in total. The van der Waals surface area contributed by atoms with Crippen molar-refractivity contribution >= 4 is 6.03 Å². The molecular weight excluding hydrogens is 144 g/mol. The lowest BCUT2D eigenvalue weighted by Crippen LogP contribution is -2.34. The number of β-amino-alcohol motifs (C(OH)–C–C–N with tert-alkyl or cyclic N) is 1. The van der Waals surface area contributed by atoms with Crippen LogP contribution in [0.5, 0.6) is 0 Å².